The van der Waals surface area contributed by atoms with Gasteiger partial charge in [-0.3, -0.25) is 30.0 Å². The van der Waals surface area contributed by atoms with Gasteiger partial charge in [0.15, 0.2) is 18.2 Å². The van der Waals surface area contributed by atoms with Crippen molar-refractivity contribution >= 4 is 35.5 Å². The number of nitrogens with one attached hydrogen (secondary N) is 8. The Labute approximate surface area is 288 Å². The quantitative estimate of drug-likeness (QED) is 0.0395. The van der Waals surface area contributed by atoms with E-state index in [2.05, 4.69) is 36.6 Å². The predicted molar refractivity (Wildman–Crippen MR) is 186 cm³/mol. The lowest BCUT2D eigenvalue weighted by Crippen LogP contribution is -2.55. The summed E-state index contributed by atoms with van der Waals surface area (Å²) < 4.78 is 4.67. The Morgan fingerprint density at radius 1 is 0.796 bits per heavy atom. The smallest absolute Gasteiger partial charge is 0.251 e. The van der Waals surface area contributed by atoms with Crippen molar-refractivity contribution in [3.63, 3.8) is 0 Å². The Kier molecular flexibility index (Phi) is 16.8. The first-order valence-corrected chi connectivity index (χ1v) is 16.1. The van der Waals surface area contributed by atoms with E-state index in [4.69, 9.17) is 22.3 Å². The van der Waals surface area contributed by atoms with Gasteiger partial charge in [-0.25, -0.2) is 0 Å². The first-order chi connectivity index (χ1) is 22.7. The molecule has 0 fully saturated rings. The van der Waals surface area contributed by atoms with Gasteiger partial charge in [0.2, 0.25) is 17.7 Å². The fourth-order valence-electron chi connectivity index (χ4n) is 4.66. The number of guanidine groups is 2. The van der Waals surface area contributed by atoms with E-state index in [0.29, 0.717) is 24.0 Å². The third-order valence-corrected chi connectivity index (χ3v) is 7.38. The number of amides is 4. The molecule has 49 heavy (non-hydrogen) atoms. The molecule has 0 heterocycles. The molecule has 1 rings (SSSR count). The molecule has 0 bridgehead atoms. The van der Waals surface area contributed by atoms with Crippen molar-refractivity contribution in [2.75, 3.05) is 33.3 Å². The maximum atomic E-state index is 13.7. The second-order valence-corrected chi connectivity index (χ2v) is 13.7. The number of phenolic OH excluding ortho intramolecular Hbond substituents is 1. The molecule has 0 spiro atoms. The van der Waals surface area contributed by atoms with Crippen LogP contribution in [0.4, 0.5) is 0 Å². The number of nitrogens with two attached hydrogens (primary N) is 2. The fraction of sp³-hybridized carbons (Fsp3) is 0.625. The molecule has 0 aliphatic heterocycles. The molecule has 1 aromatic rings. The van der Waals surface area contributed by atoms with E-state index < -0.39 is 59.4 Å². The zero-order valence-corrected chi connectivity index (χ0v) is 29.6. The highest BCUT2D eigenvalue weighted by molar-refractivity contribution is 5.99. The van der Waals surface area contributed by atoms with Gasteiger partial charge in [0.1, 0.15) is 17.8 Å². The molecule has 1 aromatic carbocycles. The number of ether oxygens (including phenoxy) is 1. The van der Waals surface area contributed by atoms with Gasteiger partial charge in [0.05, 0.1) is 13.1 Å². The van der Waals surface area contributed by atoms with Crippen molar-refractivity contribution in [3.8, 4) is 5.75 Å². The number of aliphatic hydroxyl groups excluding tert-OH is 1. The molecule has 0 aliphatic rings. The lowest BCUT2D eigenvalue weighted by atomic mass is 9.78. The second-order valence-electron chi connectivity index (χ2n) is 13.7. The molecule has 3 unspecified atom stereocenters. The third kappa shape index (κ3) is 15.4. The second kappa shape index (κ2) is 19.4. The molecule has 14 N–H and O–H groups in total. The standard InChI is InChI=1S/C32H56N10O7/c1-31(2,3)19-14-18(15-20(25(19)45)32(4,5)6)26(46)41-22(11-9-13-38-30(35)36)28(48)42-21(10-8-12-37-29(33)34)27(47)40-16-23(43)39-17-24(44)49-7/h14-15,21-22,24,44-45H,8-13,16-17H2,1-7H3,(H,39,43)(H,40,47)(H,41,46)(H,42,48)(H4,33,34,37)(H4,35,36,38). The molecule has 0 aromatic heterocycles. The summed E-state index contributed by atoms with van der Waals surface area (Å²) >= 11 is 0. The van der Waals surface area contributed by atoms with Crippen LogP contribution in [-0.4, -0.2) is 97.4 Å². The SMILES string of the molecule is COC(O)CNC(=O)CNC(=O)C(CCCNC(=N)N)NC(=O)C(CCCNC(=N)N)NC(=O)c1cc(C(C)(C)C)c(O)c(C(C)(C)C)c1. The largest absolute Gasteiger partial charge is 0.507 e. The predicted octanol–water partition coefficient (Wildman–Crippen LogP) is -0.706. The molecule has 17 heteroatoms. The molecule has 276 valence electrons. The van der Waals surface area contributed by atoms with Crippen LogP contribution in [0.15, 0.2) is 12.1 Å². The summed E-state index contributed by atoms with van der Waals surface area (Å²) in [6.45, 7) is 11.3. The number of rotatable bonds is 18. The van der Waals surface area contributed by atoms with Gasteiger partial charge in [-0.2, -0.15) is 0 Å². The molecule has 0 radical (unpaired) electrons. The van der Waals surface area contributed by atoms with Crippen molar-refractivity contribution in [3.05, 3.63) is 28.8 Å². The topological polar surface area (TPSA) is 290 Å². The van der Waals surface area contributed by atoms with Crippen LogP contribution in [0.3, 0.4) is 0 Å². The fourth-order valence-corrected chi connectivity index (χ4v) is 4.66. The molecule has 17 nitrogen and oxygen atoms in total. The summed E-state index contributed by atoms with van der Waals surface area (Å²) in [6, 6.07) is 0.931. The minimum atomic E-state index is -1.22. The number of hydrogen-bond donors (Lipinski definition) is 12. The zero-order valence-electron chi connectivity index (χ0n) is 29.6. The van der Waals surface area contributed by atoms with Crippen molar-refractivity contribution in [1.29, 1.82) is 10.8 Å². The molecule has 0 saturated carbocycles. The summed E-state index contributed by atoms with van der Waals surface area (Å²) in [5, 5.41) is 50.9. The van der Waals surface area contributed by atoms with Gasteiger partial charge in [0, 0.05) is 36.9 Å². The summed E-state index contributed by atoms with van der Waals surface area (Å²) in [5.74, 6) is -2.95. The van der Waals surface area contributed by atoms with E-state index in [1.165, 1.54) is 7.11 Å². The number of aromatic hydroxyl groups is 1. The Hall–Kier alpha value is -4.64. The summed E-state index contributed by atoms with van der Waals surface area (Å²) in [5.41, 5.74) is 11.1. The van der Waals surface area contributed by atoms with Crippen molar-refractivity contribution < 1.29 is 34.1 Å². The van der Waals surface area contributed by atoms with Crippen molar-refractivity contribution in [2.45, 2.75) is 96.4 Å². The first-order valence-electron chi connectivity index (χ1n) is 16.1. The van der Waals surface area contributed by atoms with Gasteiger partial charge in [-0.05, 0) is 48.6 Å². The van der Waals surface area contributed by atoms with Gasteiger partial charge >= 0.3 is 0 Å². The Bertz CT molecular complexity index is 1290. The highest BCUT2D eigenvalue weighted by Gasteiger charge is 2.30. The van der Waals surface area contributed by atoms with Crippen LogP contribution >= 0.6 is 0 Å². The number of methoxy groups -OCH3 is 1. The van der Waals surface area contributed by atoms with Gasteiger partial charge < -0.3 is 58.3 Å². The number of hydrogen-bond acceptors (Lipinski definition) is 9. The lowest BCUT2D eigenvalue weighted by Gasteiger charge is -2.28. The van der Waals surface area contributed by atoms with Crippen molar-refractivity contribution in [2.24, 2.45) is 11.5 Å². The molecular weight excluding hydrogens is 636 g/mol. The molecule has 0 aliphatic carbocycles. The first kappa shape index (κ1) is 42.4. The molecule has 0 saturated heterocycles. The third-order valence-electron chi connectivity index (χ3n) is 7.38. The van der Waals surface area contributed by atoms with E-state index in [-0.39, 0.29) is 55.7 Å². The minimum absolute atomic E-state index is 0.0935. The molecule has 4 amide bonds. The van der Waals surface area contributed by atoms with Crippen LogP contribution in [-0.2, 0) is 30.0 Å². The highest BCUT2D eigenvalue weighted by atomic mass is 16.6. The monoisotopic (exact) mass is 692 g/mol. The van der Waals surface area contributed by atoms with Gasteiger partial charge in [-0.1, -0.05) is 41.5 Å². The highest BCUT2D eigenvalue weighted by Crippen LogP contribution is 2.39. The van der Waals surface area contributed by atoms with Crippen LogP contribution in [0.1, 0.15) is 88.7 Å². The van der Waals surface area contributed by atoms with E-state index >= 15 is 0 Å². The summed E-state index contributed by atoms with van der Waals surface area (Å²) in [6.07, 6.45) is -0.391. The lowest BCUT2D eigenvalue weighted by molar-refractivity contribution is -0.131. The van der Waals surface area contributed by atoms with E-state index in [1.807, 2.05) is 41.5 Å². The van der Waals surface area contributed by atoms with E-state index in [9.17, 15) is 29.4 Å². The van der Waals surface area contributed by atoms with Crippen LogP contribution in [0.2, 0.25) is 0 Å². The zero-order chi connectivity index (χ0) is 37.5. The van der Waals surface area contributed by atoms with Crippen LogP contribution in [0, 0.1) is 10.8 Å². The Balaban J connectivity index is 3.32. The summed E-state index contributed by atoms with van der Waals surface area (Å²) in [7, 11) is 1.26. The van der Waals surface area contributed by atoms with Gasteiger partial charge in [0.25, 0.3) is 5.91 Å². The molecule has 3 atom stereocenters. The normalized spacial score (nSPS) is 13.3. The maximum Gasteiger partial charge on any atom is 0.251 e. The number of phenols is 1. The molecular formula is C32H56N10O7. The van der Waals surface area contributed by atoms with Crippen molar-refractivity contribution in [1.82, 2.24) is 31.9 Å². The van der Waals surface area contributed by atoms with Crippen LogP contribution in [0.25, 0.3) is 0 Å². The number of carbonyl (C=O) groups excluding carboxylic acids is 4. The minimum Gasteiger partial charge on any atom is -0.507 e. The van der Waals surface area contributed by atoms with E-state index in [0.717, 1.165) is 0 Å². The number of benzene rings is 1. The average molecular weight is 693 g/mol. The Morgan fingerprint density at radius 2 is 1.27 bits per heavy atom. The number of carbonyl (C=O) groups is 4. The summed E-state index contributed by atoms with van der Waals surface area (Å²) in [4.78, 5) is 52.8. The van der Waals surface area contributed by atoms with Crippen LogP contribution < -0.4 is 43.4 Å². The Morgan fingerprint density at radius 3 is 1.69 bits per heavy atom. The number of aliphatic hydroxyl groups is 1. The average Bonchev–Trinajstić information content (AvgIpc) is 2.99. The van der Waals surface area contributed by atoms with E-state index in [1.54, 1.807) is 12.1 Å². The van der Waals surface area contributed by atoms with Crippen LogP contribution in [0.5, 0.6) is 5.75 Å². The maximum absolute atomic E-state index is 13.7. The van der Waals surface area contributed by atoms with Gasteiger partial charge in [-0.15, -0.1) is 0 Å².